The molecule has 0 saturated heterocycles. The summed E-state index contributed by atoms with van der Waals surface area (Å²) in [6.45, 7) is 10.1. The fraction of sp³-hybridized carbons (Fsp3) is 0.138. The smallest absolute Gasteiger partial charge is 0.0488 e. The van der Waals surface area contributed by atoms with Gasteiger partial charge in [-0.1, -0.05) is 245 Å². The Morgan fingerprint density at radius 1 is 0.583 bits per heavy atom. The third-order valence-electron chi connectivity index (χ3n) is 9.36. The number of nitrogens with one attached hydrogen (secondary N) is 2. The maximum Gasteiger partial charge on any atom is 0.0488 e. The van der Waals surface area contributed by atoms with E-state index < -0.39 is 0 Å². The maximum atomic E-state index is 3.95. The van der Waals surface area contributed by atoms with Crippen molar-refractivity contribution in [3.05, 3.63) is 255 Å². The minimum absolute atomic E-state index is 0.296. The molecule has 1 unspecified atom stereocenters. The highest BCUT2D eigenvalue weighted by Gasteiger charge is 2.14. The fourth-order valence-corrected chi connectivity index (χ4v) is 6.39. The molecule has 6 aromatic rings. The molecule has 1 aliphatic rings. The molecule has 60 heavy (non-hydrogen) atoms. The summed E-state index contributed by atoms with van der Waals surface area (Å²) in [5.41, 5.74) is 12.5. The van der Waals surface area contributed by atoms with Crippen LogP contribution in [-0.2, 0) is 0 Å². The first-order chi connectivity index (χ1) is 29.6. The lowest BCUT2D eigenvalue weighted by molar-refractivity contribution is 0.897. The zero-order valence-corrected chi connectivity index (χ0v) is 35.9. The summed E-state index contributed by atoms with van der Waals surface area (Å²) in [6, 6.07) is 59.6. The molecule has 0 spiro atoms. The number of rotatable bonds is 13. The second-order valence-electron chi connectivity index (χ2n) is 13.8. The van der Waals surface area contributed by atoms with E-state index in [9.17, 15) is 0 Å². The molecule has 0 bridgehead atoms. The van der Waals surface area contributed by atoms with Crippen molar-refractivity contribution in [2.45, 2.75) is 46.1 Å². The van der Waals surface area contributed by atoms with Gasteiger partial charge in [0, 0.05) is 24.3 Å². The van der Waals surface area contributed by atoms with Gasteiger partial charge in [0.15, 0.2) is 0 Å². The minimum Gasteiger partial charge on any atom is -0.394 e. The van der Waals surface area contributed by atoms with Crippen LogP contribution in [0.1, 0.15) is 45.6 Å². The molecule has 0 amide bonds. The van der Waals surface area contributed by atoms with Crippen molar-refractivity contribution in [1.29, 1.82) is 0 Å². The molecule has 2 N–H and O–H groups in total. The molecule has 1 aliphatic carbocycles. The van der Waals surface area contributed by atoms with E-state index in [0.717, 1.165) is 24.8 Å². The summed E-state index contributed by atoms with van der Waals surface area (Å²) in [4.78, 5) is 0. The Kier molecular flexibility index (Phi) is 21.1. The fourth-order valence-electron chi connectivity index (χ4n) is 6.39. The molecule has 0 aromatic heterocycles. The van der Waals surface area contributed by atoms with E-state index in [0.29, 0.717) is 6.04 Å². The number of para-hydroxylation sites is 1. The zero-order chi connectivity index (χ0) is 42.5. The van der Waals surface area contributed by atoms with Crippen molar-refractivity contribution >= 4 is 11.3 Å². The summed E-state index contributed by atoms with van der Waals surface area (Å²) in [7, 11) is 1.88. The molecular weight excluding hydrogens is 725 g/mol. The summed E-state index contributed by atoms with van der Waals surface area (Å²) in [6.07, 6.45) is 25.8. The molecule has 0 aliphatic heterocycles. The molecule has 0 fully saturated rings. The van der Waals surface area contributed by atoms with Gasteiger partial charge in [-0.15, -0.1) is 0 Å². The van der Waals surface area contributed by atoms with Gasteiger partial charge in [0.05, 0.1) is 0 Å². The predicted octanol–water partition coefficient (Wildman–Crippen LogP) is 16.0. The topological polar surface area (TPSA) is 24.1 Å². The lowest BCUT2D eigenvalue weighted by Gasteiger charge is -2.23. The van der Waals surface area contributed by atoms with E-state index in [1.807, 2.05) is 57.5 Å². The van der Waals surface area contributed by atoms with E-state index >= 15 is 0 Å². The molecule has 0 radical (unpaired) electrons. The second kappa shape index (κ2) is 27.7. The minimum atomic E-state index is 0.296. The van der Waals surface area contributed by atoms with Gasteiger partial charge in [0.1, 0.15) is 0 Å². The van der Waals surface area contributed by atoms with Crippen LogP contribution in [0, 0.1) is 0 Å². The van der Waals surface area contributed by atoms with E-state index in [1.54, 1.807) is 0 Å². The van der Waals surface area contributed by atoms with Crippen LogP contribution in [0.4, 0.5) is 5.69 Å². The van der Waals surface area contributed by atoms with Crippen molar-refractivity contribution in [1.82, 2.24) is 5.32 Å². The molecule has 7 rings (SSSR count). The van der Waals surface area contributed by atoms with Crippen molar-refractivity contribution in [3.8, 4) is 33.4 Å². The Morgan fingerprint density at radius 2 is 1.10 bits per heavy atom. The van der Waals surface area contributed by atoms with Crippen LogP contribution < -0.4 is 10.6 Å². The Bertz CT molecular complexity index is 2220. The van der Waals surface area contributed by atoms with Gasteiger partial charge in [0.2, 0.25) is 0 Å². The van der Waals surface area contributed by atoms with Crippen LogP contribution in [0.5, 0.6) is 0 Å². The van der Waals surface area contributed by atoms with E-state index in [4.69, 9.17) is 0 Å². The Labute approximate surface area is 361 Å². The van der Waals surface area contributed by atoms with Gasteiger partial charge in [-0.2, -0.15) is 0 Å². The van der Waals surface area contributed by atoms with Crippen molar-refractivity contribution in [2.24, 2.45) is 0 Å². The van der Waals surface area contributed by atoms with Gasteiger partial charge >= 0.3 is 0 Å². The number of anilines is 1. The summed E-state index contributed by atoms with van der Waals surface area (Å²) in [5.74, 6) is 0. The van der Waals surface area contributed by atoms with Crippen molar-refractivity contribution in [3.63, 3.8) is 0 Å². The first-order valence-electron chi connectivity index (χ1n) is 21.2. The van der Waals surface area contributed by atoms with Crippen LogP contribution in [0.15, 0.2) is 249 Å². The lowest BCUT2D eigenvalue weighted by Crippen LogP contribution is -2.19. The van der Waals surface area contributed by atoms with Gasteiger partial charge in [-0.05, 0) is 82.6 Å². The maximum absolute atomic E-state index is 3.95. The molecular formula is C58H62N2. The predicted molar refractivity (Wildman–Crippen MR) is 266 cm³/mol. The quantitative estimate of drug-likeness (QED) is 0.114. The SMILES string of the molecule is C1=CC(Nc2ccccc2-c2ccccc2)CC(c2ccccc2)=C1.C=C(/C=C\C=C/NC)C/C=C\C=C/CC.CC.c1ccc(-c2cccc(-c3ccccc3)c2)cc1. The Balaban J connectivity index is 0.000000202. The van der Waals surface area contributed by atoms with Gasteiger partial charge in [-0.25, -0.2) is 0 Å². The first-order valence-corrected chi connectivity index (χ1v) is 21.2. The van der Waals surface area contributed by atoms with Crippen LogP contribution in [-0.4, -0.2) is 13.1 Å². The highest BCUT2D eigenvalue weighted by molar-refractivity contribution is 5.79. The molecule has 1 atom stereocenters. The number of hydrogen-bond acceptors (Lipinski definition) is 2. The van der Waals surface area contributed by atoms with Crippen molar-refractivity contribution in [2.75, 3.05) is 12.4 Å². The van der Waals surface area contributed by atoms with Gasteiger partial charge in [0.25, 0.3) is 0 Å². The van der Waals surface area contributed by atoms with Gasteiger partial charge < -0.3 is 10.6 Å². The highest BCUT2D eigenvalue weighted by Crippen LogP contribution is 2.31. The third-order valence-corrected chi connectivity index (χ3v) is 9.36. The normalized spacial score (nSPS) is 13.1. The summed E-state index contributed by atoms with van der Waals surface area (Å²) in [5, 5.41) is 6.64. The van der Waals surface area contributed by atoms with Crippen LogP contribution in [0.3, 0.4) is 0 Å². The van der Waals surface area contributed by atoms with Gasteiger partial charge in [-0.3, -0.25) is 0 Å². The number of hydrogen-bond donors (Lipinski definition) is 2. The number of allylic oxidation sites excluding steroid dienone is 10. The first kappa shape index (κ1) is 45.8. The standard InChI is InChI=1S/C24H21N.C18H14.C14H21N.C2H6/c1-3-10-19(11-4-1)21-14-9-15-22(18-21)25-24-17-8-7-16-23(24)20-12-5-2-6-13-20;1-3-8-15(9-4-1)17-12-7-13-18(14-17)16-10-5-2-6-11-16;1-4-5-6-7-8-11-14(2)12-9-10-13-15-3;1-2/h1-17,22,25H,18H2;1-14H;5-10,12-13,15H,2,4,11H2,1,3H3;1-2H3/b;;6-5-,8-7-,12-9-,13-10-;. The highest BCUT2D eigenvalue weighted by atomic mass is 14.9. The molecule has 6 aromatic carbocycles. The largest absolute Gasteiger partial charge is 0.394 e. The molecule has 0 saturated carbocycles. The molecule has 0 heterocycles. The van der Waals surface area contributed by atoms with E-state index in [1.165, 1.54) is 50.2 Å². The monoisotopic (exact) mass is 786 g/mol. The molecule has 2 heteroatoms. The lowest BCUT2D eigenvalue weighted by atomic mass is 9.94. The van der Waals surface area contributed by atoms with E-state index in [-0.39, 0.29) is 0 Å². The Hall–Kier alpha value is -6.90. The molecule has 2 nitrogen and oxygen atoms in total. The van der Waals surface area contributed by atoms with Crippen molar-refractivity contribution < 1.29 is 0 Å². The summed E-state index contributed by atoms with van der Waals surface area (Å²) >= 11 is 0. The third kappa shape index (κ3) is 16.2. The average molecular weight is 787 g/mol. The van der Waals surface area contributed by atoms with Crippen LogP contribution in [0.25, 0.3) is 39.0 Å². The number of benzene rings is 6. The average Bonchev–Trinajstić information content (AvgIpc) is 3.33. The van der Waals surface area contributed by atoms with E-state index in [2.05, 4.69) is 224 Å². The van der Waals surface area contributed by atoms with Crippen LogP contribution in [0.2, 0.25) is 0 Å². The van der Waals surface area contributed by atoms with Crippen LogP contribution >= 0.6 is 0 Å². The molecule has 304 valence electrons. The zero-order valence-electron chi connectivity index (χ0n) is 35.9. The second-order valence-corrected chi connectivity index (χ2v) is 13.8. The Morgan fingerprint density at radius 3 is 1.68 bits per heavy atom. The summed E-state index contributed by atoms with van der Waals surface area (Å²) < 4.78 is 0.